The minimum absolute atomic E-state index is 0.227. The Bertz CT molecular complexity index is 590. The fourth-order valence-corrected chi connectivity index (χ4v) is 3.22. The Morgan fingerprint density at radius 3 is 2.90 bits per heavy atom. The number of methoxy groups -OCH3 is 1. The third-order valence-electron chi connectivity index (χ3n) is 2.95. The summed E-state index contributed by atoms with van der Waals surface area (Å²) >= 11 is 7.61. The van der Waals surface area contributed by atoms with Crippen LogP contribution in [0.1, 0.15) is 11.8 Å². The van der Waals surface area contributed by atoms with Crippen molar-refractivity contribution in [2.24, 2.45) is 0 Å². The van der Waals surface area contributed by atoms with E-state index in [0.29, 0.717) is 6.54 Å². The van der Waals surface area contributed by atoms with Gasteiger partial charge < -0.3 is 14.7 Å². The third kappa shape index (κ3) is 3.38. The molecule has 0 saturated heterocycles. The highest BCUT2D eigenvalue weighted by atomic mass is 35.5. The first-order chi connectivity index (χ1) is 9.55. The first-order valence-electron chi connectivity index (χ1n) is 6.39. The van der Waals surface area contributed by atoms with Crippen LogP contribution in [0.2, 0.25) is 5.28 Å². The SMILES string of the molecule is CCc1cc2c(N(C)CC(O)COC)nc(Cl)nc2s1. The molecule has 110 valence electrons. The van der Waals surface area contributed by atoms with E-state index in [-0.39, 0.29) is 11.9 Å². The average molecular weight is 316 g/mol. The lowest BCUT2D eigenvalue weighted by Gasteiger charge is -2.22. The predicted molar refractivity (Wildman–Crippen MR) is 83.0 cm³/mol. The molecule has 2 rings (SSSR count). The molecule has 0 fully saturated rings. The molecule has 0 radical (unpaired) electrons. The van der Waals surface area contributed by atoms with E-state index in [1.54, 1.807) is 18.4 Å². The minimum Gasteiger partial charge on any atom is -0.389 e. The molecule has 0 saturated carbocycles. The monoisotopic (exact) mass is 315 g/mol. The molecule has 1 unspecified atom stereocenters. The fourth-order valence-electron chi connectivity index (χ4n) is 2.04. The Morgan fingerprint density at radius 2 is 2.25 bits per heavy atom. The van der Waals surface area contributed by atoms with Crippen LogP contribution in [-0.2, 0) is 11.2 Å². The number of ether oxygens (including phenoxy) is 1. The molecule has 0 spiro atoms. The number of aryl methyl sites for hydroxylation is 1. The highest BCUT2D eigenvalue weighted by Crippen LogP contribution is 2.31. The van der Waals surface area contributed by atoms with Crippen LogP contribution in [0.5, 0.6) is 0 Å². The van der Waals surface area contributed by atoms with Crippen molar-refractivity contribution in [1.82, 2.24) is 9.97 Å². The molecule has 1 atom stereocenters. The van der Waals surface area contributed by atoms with Crippen molar-refractivity contribution in [3.63, 3.8) is 0 Å². The molecule has 0 amide bonds. The number of halogens is 1. The maximum absolute atomic E-state index is 9.83. The topological polar surface area (TPSA) is 58.5 Å². The Balaban J connectivity index is 2.34. The van der Waals surface area contributed by atoms with Gasteiger partial charge in [-0.2, -0.15) is 4.98 Å². The van der Waals surface area contributed by atoms with Gasteiger partial charge in [0.2, 0.25) is 5.28 Å². The van der Waals surface area contributed by atoms with Gasteiger partial charge in [-0.25, -0.2) is 4.98 Å². The quantitative estimate of drug-likeness (QED) is 0.829. The van der Waals surface area contributed by atoms with E-state index in [9.17, 15) is 5.11 Å². The number of fused-ring (bicyclic) bond motifs is 1. The van der Waals surface area contributed by atoms with Crippen molar-refractivity contribution in [2.75, 3.05) is 32.2 Å². The molecule has 2 heterocycles. The van der Waals surface area contributed by atoms with Crippen LogP contribution in [0, 0.1) is 0 Å². The number of aliphatic hydroxyl groups excluding tert-OH is 1. The van der Waals surface area contributed by atoms with Crippen LogP contribution in [0.3, 0.4) is 0 Å². The van der Waals surface area contributed by atoms with Crippen molar-refractivity contribution in [2.45, 2.75) is 19.4 Å². The van der Waals surface area contributed by atoms with E-state index in [1.165, 1.54) is 4.88 Å². The Kier molecular flexibility index (Phi) is 5.15. The second-order valence-corrected chi connectivity index (χ2v) is 6.04. The molecule has 0 aliphatic heterocycles. The highest BCUT2D eigenvalue weighted by Gasteiger charge is 2.16. The van der Waals surface area contributed by atoms with Crippen LogP contribution in [-0.4, -0.2) is 48.5 Å². The van der Waals surface area contributed by atoms with Crippen molar-refractivity contribution < 1.29 is 9.84 Å². The van der Waals surface area contributed by atoms with Gasteiger partial charge in [-0.3, -0.25) is 0 Å². The van der Waals surface area contributed by atoms with Crippen LogP contribution in [0.25, 0.3) is 10.2 Å². The molecule has 7 heteroatoms. The molecule has 0 aromatic carbocycles. The standard InChI is InChI=1S/C13H18ClN3O2S/c1-4-9-5-10-11(15-13(14)16-12(10)20-9)17(2)6-8(18)7-19-3/h5,8,18H,4,6-7H2,1-3H3. The lowest BCUT2D eigenvalue weighted by Crippen LogP contribution is -2.32. The number of nitrogens with zero attached hydrogens (tertiary/aromatic N) is 3. The van der Waals surface area contributed by atoms with Crippen molar-refractivity contribution >= 4 is 39.0 Å². The van der Waals surface area contributed by atoms with Crippen molar-refractivity contribution in [3.8, 4) is 0 Å². The number of hydrogen-bond donors (Lipinski definition) is 1. The summed E-state index contributed by atoms with van der Waals surface area (Å²) in [7, 11) is 3.44. The molecule has 1 N–H and O–H groups in total. The molecule has 2 aromatic rings. The summed E-state index contributed by atoms with van der Waals surface area (Å²) in [5.41, 5.74) is 0. The molecule has 5 nitrogen and oxygen atoms in total. The molecular formula is C13H18ClN3O2S. The van der Waals surface area contributed by atoms with E-state index in [4.69, 9.17) is 16.3 Å². The summed E-state index contributed by atoms with van der Waals surface area (Å²) in [5.74, 6) is 0.742. The van der Waals surface area contributed by atoms with Crippen molar-refractivity contribution in [1.29, 1.82) is 0 Å². The molecular weight excluding hydrogens is 298 g/mol. The summed E-state index contributed by atoms with van der Waals surface area (Å²) in [6, 6.07) is 2.09. The number of thiophene rings is 1. The summed E-state index contributed by atoms with van der Waals surface area (Å²) in [6.07, 6.45) is 0.381. The lowest BCUT2D eigenvalue weighted by molar-refractivity contribution is 0.0694. The van der Waals surface area contributed by atoms with Gasteiger partial charge in [0.1, 0.15) is 10.6 Å². The zero-order valence-corrected chi connectivity index (χ0v) is 13.3. The summed E-state index contributed by atoms with van der Waals surface area (Å²) in [4.78, 5) is 12.6. The Hall–Kier alpha value is -0.950. The second-order valence-electron chi connectivity index (χ2n) is 4.59. The second kappa shape index (κ2) is 6.67. The number of aliphatic hydroxyl groups is 1. The highest BCUT2D eigenvalue weighted by molar-refractivity contribution is 7.18. The summed E-state index contributed by atoms with van der Waals surface area (Å²) in [6.45, 7) is 2.81. The first kappa shape index (κ1) is 15.4. The van der Waals surface area contributed by atoms with E-state index in [0.717, 1.165) is 22.5 Å². The van der Waals surface area contributed by atoms with E-state index in [2.05, 4.69) is 23.0 Å². The van der Waals surface area contributed by atoms with Gasteiger partial charge in [-0.1, -0.05) is 6.92 Å². The molecule has 20 heavy (non-hydrogen) atoms. The van der Waals surface area contributed by atoms with E-state index >= 15 is 0 Å². The number of rotatable bonds is 6. The van der Waals surface area contributed by atoms with Gasteiger partial charge in [0.15, 0.2) is 0 Å². The molecule has 2 aromatic heterocycles. The Labute approximate surface area is 127 Å². The smallest absolute Gasteiger partial charge is 0.225 e. The maximum Gasteiger partial charge on any atom is 0.225 e. The fraction of sp³-hybridized carbons (Fsp3) is 0.538. The van der Waals surface area contributed by atoms with E-state index in [1.807, 2.05) is 11.9 Å². The zero-order valence-electron chi connectivity index (χ0n) is 11.8. The van der Waals surface area contributed by atoms with Gasteiger partial charge in [0, 0.05) is 25.6 Å². The van der Waals surface area contributed by atoms with Gasteiger partial charge in [0.05, 0.1) is 18.1 Å². The van der Waals surface area contributed by atoms with Crippen LogP contribution >= 0.6 is 22.9 Å². The summed E-state index contributed by atoms with van der Waals surface area (Å²) < 4.78 is 4.94. The normalized spacial score (nSPS) is 12.8. The van der Waals surface area contributed by atoms with Gasteiger partial charge in [0.25, 0.3) is 0 Å². The average Bonchev–Trinajstić information content (AvgIpc) is 2.80. The largest absolute Gasteiger partial charge is 0.389 e. The van der Waals surface area contributed by atoms with Crippen LogP contribution in [0.15, 0.2) is 6.07 Å². The van der Waals surface area contributed by atoms with Crippen LogP contribution in [0.4, 0.5) is 5.82 Å². The molecule has 0 bridgehead atoms. The van der Waals surface area contributed by atoms with Gasteiger partial charge in [-0.05, 0) is 24.1 Å². The third-order valence-corrected chi connectivity index (χ3v) is 4.29. The number of anilines is 1. The Morgan fingerprint density at radius 1 is 1.50 bits per heavy atom. The minimum atomic E-state index is -0.571. The maximum atomic E-state index is 9.83. The lowest BCUT2D eigenvalue weighted by atomic mass is 10.3. The molecule has 0 aliphatic carbocycles. The number of likely N-dealkylation sites (N-methyl/N-ethyl adjacent to an activating group) is 1. The zero-order chi connectivity index (χ0) is 14.7. The summed E-state index contributed by atoms with van der Waals surface area (Å²) in [5, 5.41) is 11.0. The van der Waals surface area contributed by atoms with Crippen molar-refractivity contribution in [3.05, 3.63) is 16.2 Å². The van der Waals surface area contributed by atoms with Gasteiger partial charge in [-0.15, -0.1) is 11.3 Å². The van der Waals surface area contributed by atoms with Gasteiger partial charge >= 0.3 is 0 Å². The number of aromatic nitrogens is 2. The first-order valence-corrected chi connectivity index (χ1v) is 7.58. The predicted octanol–water partition coefficient (Wildman–Crippen LogP) is 2.35. The van der Waals surface area contributed by atoms with Crippen LogP contribution < -0.4 is 4.90 Å². The molecule has 0 aliphatic rings. The number of hydrogen-bond acceptors (Lipinski definition) is 6. The van der Waals surface area contributed by atoms with E-state index < -0.39 is 6.10 Å².